The van der Waals surface area contributed by atoms with Gasteiger partial charge < -0.3 is 25.6 Å². The van der Waals surface area contributed by atoms with Crippen LogP contribution in [0.3, 0.4) is 0 Å². The minimum atomic E-state index is -0.368. The number of rotatable bonds is 20. The molecule has 1 rings (SSSR count). The standard InChI is InChI=1S/C33H58N2O3/c1-11-12-13-18-38-32-20-27(14-17-31(32)37-10)19-28(23(2)3)15-16-29(36)21-30(24(4)5)25(6)35-22-33(8,9)26(7)34/h14,17,20,23-24,28-30,35-36H,6-7,11-13,15-16,18-19,21-22,34H2,1-5,8-10H3/t28?,29-,30?/m1/s1. The Kier molecular flexibility index (Phi) is 14.9. The maximum absolute atomic E-state index is 11.0. The summed E-state index contributed by atoms with van der Waals surface area (Å²) < 4.78 is 11.6. The lowest BCUT2D eigenvalue weighted by molar-refractivity contribution is 0.116. The fraction of sp³-hybridized carbons (Fsp3) is 0.697. The molecule has 218 valence electrons. The SMILES string of the molecule is C=C(NCC(C)(C)C(=C)N)C(C[C@H](O)CCC(Cc1ccc(OC)c(OCCCCC)c1)C(C)C)C(C)C. The quantitative estimate of drug-likeness (QED) is 0.152. The number of methoxy groups -OCH3 is 1. The maximum Gasteiger partial charge on any atom is 0.161 e. The average Bonchev–Trinajstić information content (AvgIpc) is 2.85. The zero-order valence-corrected chi connectivity index (χ0v) is 25.7. The van der Waals surface area contributed by atoms with E-state index < -0.39 is 0 Å². The molecular weight excluding hydrogens is 472 g/mol. The van der Waals surface area contributed by atoms with Gasteiger partial charge in [-0.25, -0.2) is 0 Å². The highest BCUT2D eigenvalue weighted by atomic mass is 16.5. The molecule has 0 aromatic heterocycles. The van der Waals surface area contributed by atoms with Gasteiger partial charge in [0.1, 0.15) is 0 Å². The molecule has 0 radical (unpaired) electrons. The summed E-state index contributed by atoms with van der Waals surface area (Å²) in [6.45, 7) is 24.9. The van der Waals surface area contributed by atoms with Crippen LogP contribution in [-0.4, -0.2) is 31.5 Å². The molecule has 0 aliphatic carbocycles. The summed E-state index contributed by atoms with van der Waals surface area (Å²) in [6.07, 6.45) is 6.44. The third kappa shape index (κ3) is 11.7. The lowest BCUT2D eigenvalue weighted by Gasteiger charge is -2.31. The Morgan fingerprint density at radius 3 is 2.29 bits per heavy atom. The molecule has 0 fully saturated rings. The summed E-state index contributed by atoms with van der Waals surface area (Å²) in [7, 11) is 1.69. The van der Waals surface area contributed by atoms with Gasteiger partial charge in [0.05, 0.1) is 19.8 Å². The van der Waals surface area contributed by atoms with Gasteiger partial charge in [0.25, 0.3) is 0 Å². The van der Waals surface area contributed by atoms with Gasteiger partial charge in [-0.1, -0.05) is 80.5 Å². The third-order valence-corrected chi connectivity index (χ3v) is 7.95. The van der Waals surface area contributed by atoms with Crippen LogP contribution in [0.5, 0.6) is 11.5 Å². The molecule has 0 heterocycles. The van der Waals surface area contributed by atoms with E-state index in [9.17, 15) is 5.11 Å². The number of aliphatic hydroxyl groups is 1. The Labute approximate surface area is 234 Å². The number of ether oxygens (including phenoxy) is 2. The molecule has 0 bridgehead atoms. The molecule has 5 nitrogen and oxygen atoms in total. The summed E-state index contributed by atoms with van der Waals surface area (Å²) >= 11 is 0. The predicted octanol–water partition coefficient (Wildman–Crippen LogP) is 7.48. The van der Waals surface area contributed by atoms with E-state index in [1.165, 1.54) is 18.4 Å². The van der Waals surface area contributed by atoms with Gasteiger partial charge in [-0.15, -0.1) is 0 Å². The number of unbranched alkanes of at least 4 members (excludes halogenated alkanes) is 2. The monoisotopic (exact) mass is 530 g/mol. The summed E-state index contributed by atoms with van der Waals surface area (Å²) in [5, 5.41) is 14.5. The molecule has 4 N–H and O–H groups in total. The van der Waals surface area contributed by atoms with E-state index in [1.807, 2.05) is 6.07 Å². The van der Waals surface area contributed by atoms with Crippen LogP contribution in [0.4, 0.5) is 0 Å². The first-order chi connectivity index (χ1) is 17.8. The molecule has 2 unspecified atom stereocenters. The lowest BCUT2D eigenvalue weighted by atomic mass is 9.82. The average molecular weight is 531 g/mol. The van der Waals surface area contributed by atoms with E-state index in [0.717, 1.165) is 42.9 Å². The molecule has 1 aromatic carbocycles. The Bertz CT molecular complexity index is 847. The second kappa shape index (κ2) is 16.7. The number of hydrogen-bond acceptors (Lipinski definition) is 5. The number of aliphatic hydroxyl groups excluding tert-OH is 1. The Hall–Kier alpha value is -2.14. The normalized spacial score (nSPS) is 14.3. The fourth-order valence-corrected chi connectivity index (χ4v) is 4.68. The molecule has 0 saturated carbocycles. The van der Waals surface area contributed by atoms with Crippen LogP contribution in [-0.2, 0) is 6.42 Å². The second-order valence-corrected chi connectivity index (χ2v) is 12.4. The minimum absolute atomic E-state index is 0.193. The number of allylic oxidation sites excluding steroid dienone is 1. The first kappa shape index (κ1) is 33.9. The van der Waals surface area contributed by atoms with Crippen molar-refractivity contribution >= 4 is 0 Å². The highest BCUT2D eigenvalue weighted by Gasteiger charge is 2.25. The summed E-state index contributed by atoms with van der Waals surface area (Å²) in [5.41, 5.74) is 8.63. The van der Waals surface area contributed by atoms with Crippen molar-refractivity contribution in [2.45, 2.75) is 99.5 Å². The Balaban J connectivity index is 2.77. The van der Waals surface area contributed by atoms with E-state index in [-0.39, 0.29) is 17.4 Å². The van der Waals surface area contributed by atoms with E-state index in [2.05, 4.69) is 79.1 Å². The van der Waals surface area contributed by atoms with Crippen LogP contribution in [0.2, 0.25) is 0 Å². The molecule has 3 atom stereocenters. The smallest absolute Gasteiger partial charge is 0.161 e. The van der Waals surface area contributed by atoms with Gasteiger partial charge in [0, 0.05) is 29.3 Å². The van der Waals surface area contributed by atoms with Crippen molar-refractivity contribution in [3.8, 4) is 11.5 Å². The molecule has 5 heteroatoms. The molecule has 0 aliphatic heterocycles. The molecule has 1 aromatic rings. The van der Waals surface area contributed by atoms with E-state index in [4.69, 9.17) is 15.2 Å². The number of benzene rings is 1. The van der Waals surface area contributed by atoms with Gasteiger partial charge in [-0.05, 0) is 67.6 Å². The minimum Gasteiger partial charge on any atom is -0.493 e. The first-order valence-electron chi connectivity index (χ1n) is 14.7. The zero-order chi connectivity index (χ0) is 28.9. The number of nitrogens with two attached hydrogens (primary N) is 1. The van der Waals surface area contributed by atoms with Crippen LogP contribution < -0.4 is 20.5 Å². The fourth-order valence-electron chi connectivity index (χ4n) is 4.68. The van der Waals surface area contributed by atoms with Crippen molar-refractivity contribution < 1.29 is 14.6 Å². The second-order valence-electron chi connectivity index (χ2n) is 12.4. The predicted molar refractivity (Wildman–Crippen MR) is 162 cm³/mol. The van der Waals surface area contributed by atoms with Crippen molar-refractivity contribution in [3.63, 3.8) is 0 Å². The van der Waals surface area contributed by atoms with Gasteiger partial charge in [-0.2, -0.15) is 0 Å². The maximum atomic E-state index is 11.0. The molecule has 0 spiro atoms. The number of hydrogen-bond donors (Lipinski definition) is 3. The number of nitrogens with one attached hydrogen (secondary N) is 1. The highest BCUT2D eigenvalue weighted by Crippen LogP contribution is 2.32. The molecular formula is C33H58N2O3. The van der Waals surface area contributed by atoms with Crippen molar-refractivity contribution in [2.24, 2.45) is 34.8 Å². The van der Waals surface area contributed by atoms with Crippen molar-refractivity contribution in [1.82, 2.24) is 5.32 Å². The van der Waals surface area contributed by atoms with Gasteiger partial charge in [0.2, 0.25) is 0 Å². The Morgan fingerprint density at radius 1 is 1.05 bits per heavy atom. The van der Waals surface area contributed by atoms with Crippen LogP contribution in [0.15, 0.2) is 42.8 Å². The van der Waals surface area contributed by atoms with Gasteiger partial charge >= 0.3 is 0 Å². The summed E-state index contributed by atoms with van der Waals surface area (Å²) in [6, 6.07) is 6.30. The zero-order valence-electron chi connectivity index (χ0n) is 25.7. The first-order valence-corrected chi connectivity index (χ1v) is 14.7. The van der Waals surface area contributed by atoms with Gasteiger partial charge in [-0.3, -0.25) is 0 Å². The van der Waals surface area contributed by atoms with Crippen LogP contribution in [0, 0.1) is 29.1 Å². The molecule has 0 amide bonds. The van der Waals surface area contributed by atoms with Crippen molar-refractivity contribution in [3.05, 3.63) is 48.3 Å². The molecule has 0 aliphatic rings. The topological polar surface area (TPSA) is 76.7 Å². The summed E-state index contributed by atoms with van der Waals surface area (Å²) in [5.74, 6) is 3.18. The Morgan fingerprint density at radius 2 is 1.74 bits per heavy atom. The van der Waals surface area contributed by atoms with Crippen molar-refractivity contribution in [1.29, 1.82) is 0 Å². The van der Waals surface area contributed by atoms with Crippen LogP contribution in [0.25, 0.3) is 0 Å². The summed E-state index contributed by atoms with van der Waals surface area (Å²) in [4.78, 5) is 0. The highest BCUT2D eigenvalue weighted by molar-refractivity contribution is 5.43. The third-order valence-electron chi connectivity index (χ3n) is 7.95. The largest absolute Gasteiger partial charge is 0.493 e. The molecule has 0 saturated heterocycles. The van der Waals surface area contributed by atoms with Crippen LogP contribution >= 0.6 is 0 Å². The lowest BCUT2D eigenvalue weighted by Crippen LogP contribution is -2.36. The van der Waals surface area contributed by atoms with Crippen molar-refractivity contribution in [2.75, 3.05) is 20.3 Å². The molecule has 38 heavy (non-hydrogen) atoms. The van der Waals surface area contributed by atoms with Gasteiger partial charge in [0.15, 0.2) is 11.5 Å². The van der Waals surface area contributed by atoms with Crippen LogP contribution in [0.1, 0.15) is 92.6 Å². The van der Waals surface area contributed by atoms with E-state index >= 15 is 0 Å². The van der Waals surface area contributed by atoms with E-state index in [0.29, 0.717) is 43.0 Å². The van der Waals surface area contributed by atoms with E-state index in [1.54, 1.807) is 7.11 Å².